The van der Waals surface area contributed by atoms with Crippen molar-refractivity contribution in [3.63, 3.8) is 0 Å². The van der Waals surface area contributed by atoms with Gasteiger partial charge in [-0.1, -0.05) is 6.92 Å². The van der Waals surface area contributed by atoms with Crippen LogP contribution in [-0.4, -0.2) is 32.9 Å². The van der Waals surface area contributed by atoms with E-state index in [1.54, 1.807) is 10.8 Å². The van der Waals surface area contributed by atoms with Crippen LogP contribution in [0.3, 0.4) is 0 Å². The Labute approximate surface area is 100 Å². The Balaban J connectivity index is 2.14. The zero-order valence-electron chi connectivity index (χ0n) is 10.2. The quantitative estimate of drug-likeness (QED) is 0.822. The molecule has 0 fully saturated rings. The van der Waals surface area contributed by atoms with E-state index in [2.05, 4.69) is 22.3 Å². The molecule has 2 rings (SSSR count). The van der Waals surface area contributed by atoms with Crippen LogP contribution in [0.2, 0.25) is 0 Å². The highest BCUT2D eigenvalue weighted by Gasteiger charge is 2.06. The molecule has 5 heteroatoms. The van der Waals surface area contributed by atoms with Crippen LogP contribution in [0.1, 0.15) is 18.9 Å². The third-order valence-electron chi connectivity index (χ3n) is 2.78. The fraction of sp³-hybridized carbons (Fsp3) is 0.500. The van der Waals surface area contributed by atoms with Crippen molar-refractivity contribution < 1.29 is 5.11 Å². The molecule has 0 saturated carbocycles. The van der Waals surface area contributed by atoms with Gasteiger partial charge in [0.1, 0.15) is 12.1 Å². The van der Waals surface area contributed by atoms with E-state index in [1.165, 1.54) is 0 Å². The van der Waals surface area contributed by atoms with Gasteiger partial charge in [0.15, 0.2) is 5.65 Å². The van der Waals surface area contributed by atoms with Gasteiger partial charge in [-0.05, 0) is 37.0 Å². The lowest BCUT2D eigenvalue weighted by Gasteiger charge is -2.13. The van der Waals surface area contributed by atoms with Crippen molar-refractivity contribution in [2.45, 2.75) is 20.3 Å². The highest BCUT2D eigenvalue weighted by molar-refractivity contribution is 5.51. The topological polar surface area (TPSA) is 62.5 Å². The van der Waals surface area contributed by atoms with E-state index in [1.807, 2.05) is 19.1 Å². The summed E-state index contributed by atoms with van der Waals surface area (Å²) in [7, 11) is 0. The van der Waals surface area contributed by atoms with Crippen LogP contribution in [0, 0.1) is 12.8 Å². The highest BCUT2D eigenvalue weighted by atomic mass is 16.3. The molecule has 0 saturated heterocycles. The number of hydrogen-bond acceptors (Lipinski definition) is 4. The van der Waals surface area contributed by atoms with E-state index < -0.39 is 0 Å². The molecule has 0 aliphatic heterocycles. The van der Waals surface area contributed by atoms with E-state index in [-0.39, 0.29) is 6.61 Å². The van der Waals surface area contributed by atoms with Crippen LogP contribution in [-0.2, 0) is 0 Å². The molecular formula is C12H18N4O. The van der Waals surface area contributed by atoms with Crippen molar-refractivity contribution in [2.75, 3.05) is 18.5 Å². The van der Waals surface area contributed by atoms with Gasteiger partial charge in [-0.3, -0.25) is 0 Å². The fourth-order valence-electron chi connectivity index (χ4n) is 1.78. The molecule has 2 aromatic rings. The smallest absolute Gasteiger partial charge is 0.157 e. The predicted octanol–water partition coefficient (Wildman–Crippen LogP) is 1.47. The lowest BCUT2D eigenvalue weighted by atomic mass is 10.1. The minimum atomic E-state index is 0.232. The van der Waals surface area contributed by atoms with Crippen LogP contribution in [0.4, 0.5) is 5.82 Å². The van der Waals surface area contributed by atoms with Gasteiger partial charge in [0, 0.05) is 13.2 Å². The Morgan fingerprint density at radius 1 is 1.47 bits per heavy atom. The molecule has 0 aliphatic carbocycles. The summed E-state index contributed by atoms with van der Waals surface area (Å²) in [4.78, 5) is 4.18. The molecule has 0 bridgehead atoms. The maximum absolute atomic E-state index is 8.86. The Bertz CT molecular complexity index is 494. The molecule has 0 aliphatic rings. The molecule has 1 unspecified atom stereocenters. The number of pyridine rings is 1. The van der Waals surface area contributed by atoms with Gasteiger partial charge in [0.2, 0.25) is 0 Å². The number of aromatic nitrogens is 3. The second-order valence-electron chi connectivity index (χ2n) is 4.45. The zero-order valence-corrected chi connectivity index (χ0v) is 10.2. The van der Waals surface area contributed by atoms with Gasteiger partial charge in [0.05, 0.1) is 0 Å². The van der Waals surface area contributed by atoms with Crippen LogP contribution in [0.5, 0.6) is 0 Å². The van der Waals surface area contributed by atoms with Crippen LogP contribution in [0.25, 0.3) is 5.65 Å². The lowest BCUT2D eigenvalue weighted by molar-refractivity contribution is 0.266. The number of aliphatic hydroxyl groups excluding tert-OH is 1. The number of rotatable bonds is 5. The lowest BCUT2D eigenvalue weighted by Crippen LogP contribution is -2.14. The van der Waals surface area contributed by atoms with E-state index in [0.717, 1.165) is 30.0 Å². The summed E-state index contributed by atoms with van der Waals surface area (Å²) in [5.41, 5.74) is 2.00. The van der Waals surface area contributed by atoms with Crippen molar-refractivity contribution in [1.82, 2.24) is 14.6 Å². The summed E-state index contributed by atoms with van der Waals surface area (Å²) >= 11 is 0. The maximum atomic E-state index is 8.86. The van der Waals surface area contributed by atoms with Crippen molar-refractivity contribution in [3.8, 4) is 0 Å². The molecule has 5 nitrogen and oxygen atoms in total. The van der Waals surface area contributed by atoms with E-state index in [0.29, 0.717) is 5.92 Å². The number of nitrogens with zero attached hydrogens (tertiary/aromatic N) is 3. The second-order valence-corrected chi connectivity index (χ2v) is 4.45. The molecule has 1 atom stereocenters. The van der Waals surface area contributed by atoms with Gasteiger partial charge >= 0.3 is 0 Å². The van der Waals surface area contributed by atoms with Crippen molar-refractivity contribution in [1.29, 1.82) is 0 Å². The number of nitrogens with one attached hydrogen (secondary N) is 1. The molecule has 2 aromatic heterocycles. The van der Waals surface area contributed by atoms with Gasteiger partial charge in [-0.15, -0.1) is 0 Å². The maximum Gasteiger partial charge on any atom is 0.157 e. The van der Waals surface area contributed by atoms with Crippen molar-refractivity contribution >= 4 is 11.5 Å². The minimum Gasteiger partial charge on any atom is -0.396 e. The monoisotopic (exact) mass is 234 g/mol. The first-order chi connectivity index (χ1) is 8.20. The highest BCUT2D eigenvalue weighted by Crippen LogP contribution is 2.14. The van der Waals surface area contributed by atoms with Gasteiger partial charge in [0.25, 0.3) is 0 Å². The number of anilines is 1. The van der Waals surface area contributed by atoms with Gasteiger partial charge in [-0.25, -0.2) is 4.98 Å². The van der Waals surface area contributed by atoms with Crippen molar-refractivity contribution in [3.05, 3.63) is 24.0 Å². The Morgan fingerprint density at radius 2 is 2.29 bits per heavy atom. The fourth-order valence-corrected chi connectivity index (χ4v) is 1.78. The molecule has 92 valence electrons. The van der Waals surface area contributed by atoms with Gasteiger partial charge < -0.3 is 10.4 Å². The second kappa shape index (κ2) is 5.14. The first-order valence-corrected chi connectivity index (χ1v) is 5.86. The van der Waals surface area contributed by atoms with Crippen LogP contribution in [0.15, 0.2) is 18.5 Å². The van der Waals surface area contributed by atoms with Crippen molar-refractivity contribution in [2.24, 2.45) is 5.92 Å². The first kappa shape index (κ1) is 11.9. The molecule has 0 spiro atoms. The summed E-state index contributed by atoms with van der Waals surface area (Å²) in [6.07, 6.45) is 2.36. The van der Waals surface area contributed by atoms with E-state index in [9.17, 15) is 0 Å². The molecule has 2 N–H and O–H groups in total. The molecule has 0 radical (unpaired) electrons. The molecular weight excluding hydrogens is 216 g/mol. The Hall–Kier alpha value is -1.62. The predicted molar refractivity (Wildman–Crippen MR) is 67.1 cm³/mol. The number of aliphatic hydroxyl groups is 1. The molecule has 17 heavy (non-hydrogen) atoms. The van der Waals surface area contributed by atoms with Gasteiger partial charge in [-0.2, -0.15) is 9.61 Å². The van der Waals surface area contributed by atoms with E-state index in [4.69, 9.17) is 5.11 Å². The standard InChI is InChI=1S/C12H18N4O/c1-9(3-4-17)7-13-11-5-10(2)6-12-14-8-15-16(11)12/h5-6,8-9,13,17H,3-4,7H2,1-2H3. The zero-order chi connectivity index (χ0) is 12.3. The summed E-state index contributed by atoms with van der Waals surface area (Å²) in [6, 6.07) is 4.04. The number of fused-ring (bicyclic) bond motifs is 1. The number of aryl methyl sites for hydroxylation is 1. The summed E-state index contributed by atoms with van der Waals surface area (Å²) < 4.78 is 1.79. The summed E-state index contributed by atoms with van der Waals surface area (Å²) in [5.74, 6) is 1.38. The SMILES string of the molecule is Cc1cc(NCC(C)CCO)n2ncnc2c1. The summed E-state index contributed by atoms with van der Waals surface area (Å²) in [6.45, 7) is 5.20. The normalized spacial score (nSPS) is 12.9. The third kappa shape index (κ3) is 2.74. The molecule has 0 aromatic carbocycles. The number of hydrogen-bond donors (Lipinski definition) is 2. The third-order valence-corrected chi connectivity index (χ3v) is 2.78. The van der Waals surface area contributed by atoms with Crippen LogP contribution < -0.4 is 5.32 Å². The average molecular weight is 234 g/mol. The minimum absolute atomic E-state index is 0.232. The molecule has 0 amide bonds. The van der Waals surface area contributed by atoms with Crippen LogP contribution >= 0.6 is 0 Å². The summed E-state index contributed by atoms with van der Waals surface area (Å²) in [5, 5.41) is 16.4. The van der Waals surface area contributed by atoms with E-state index >= 15 is 0 Å². The largest absolute Gasteiger partial charge is 0.396 e. The first-order valence-electron chi connectivity index (χ1n) is 5.86. The Morgan fingerprint density at radius 3 is 3.06 bits per heavy atom. The molecule has 2 heterocycles. The Kier molecular flexibility index (Phi) is 3.58. The average Bonchev–Trinajstić information content (AvgIpc) is 2.74.